The predicted molar refractivity (Wildman–Crippen MR) is 95.9 cm³/mol. The van der Waals surface area contributed by atoms with Crippen LogP contribution in [0.15, 0.2) is 62.5 Å². The first-order chi connectivity index (χ1) is 12.6. The summed E-state index contributed by atoms with van der Waals surface area (Å²) in [5.41, 5.74) is 1.85. The van der Waals surface area contributed by atoms with E-state index in [1.54, 1.807) is 19.1 Å². The van der Waals surface area contributed by atoms with Gasteiger partial charge in [-0.1, -0.05) is 35.5 Å². The number of hydrogen-bond acceptors (Lipinski definition) is 5. The van der Waals surface area contributed by atoms with Gasteiger partial charge in [-0.05, 0) is 37.0 Å². The highest BCUT2D eigenvalue weighted by Gasteiger charge is 2.17. The molecule has 0 bridgehead atoms. The topological polar surface area (TPSA) is 85.3 Å². The SMILES string of the molecule is Cc1cc(CCCc2ccccc2)oc(=O)c1C(=O)NCc1ccon1. The summed E-state index contributed by atoms with van der Waals surface area (Å²) in [6.45, 7) is 1.93. The second-order valence-electron chi connectivity index (χ2n) is 6.07. The molecule has 0 unspecified atom stereocenters. The minimum atomic E-state index is -0.614. The van der Waals surface area contributed by atoms with Crippen LogP contribution in [0.5, 0.6) is 0 Å². The average molecular weight is 352 g/mol. The van der Waals surface area contributed by atoms with E-state index in [2.05, 4.69) is 22.6 Å². The van der Waals surface area contributed by atoms with Gasteiger partial charge in [-0.3, -0.25) is 4.79 Å². The largest absolute Gasteiger partial charge is 0.427 e. The van der Waals surface area contributed by atoms with Gasteiger partial charge >= 0.3 is 5.63 Å². The summed E-state index contributed by atoms with van der Waals surface area (Å²) in [6.07, 6.45) is 3.84. The molecule has 1 N–H and O–H groups in total. The van der Waals surface area contributed by atoms with E-state index in [-0.39, 0.29) is 12.1 Å². The zero-order chi connectivity index (χ0) is 18.4. The Labute approximate surface area is 150 Å². The van der Waals surface area contributed by atoms with Crippen LogP contribution in [0.4, 0.5) is 0 Å². The number of amides is 1. The van der Waals surface area contributed by atoms with Crippen molar-refractivity contribution < 1.29 is 13.7 Å². The fraction of sp³-hybridized carbons (Fsp3) is 0.250. The van der Waals surface area contributed by atoms with E-state index in [0.717, 1.165) is 12.8 Å². The number of aromatic nitrogens is 1. The molecule has 2 heterocycles. The molecule has 2 aromatic heterocycles. The van der Waals surface area contributed by atoms with Crippen LogP contribution in [0.3, 0.4) is 0 Å². The number of nitrogens with zero attached hydrogens (tertiary/aromatic N) is 1. The van der Waals surface area contributed by atoms with Crippen molar-refractivity contribution >= 4 is 5.91 Å². The van der Waals surface area contributed by atoms with Gasteiger partial charge in [0.05, 0.1) is 6.54 Å². The number of aryl methyl sites for hydroxylation is 3. The Bertz CT molecular complexity index is 915. The summed E-state index contributed by atoms with van der Waals surface area (Å²) in [7, 11) is 0. The summed E-state index contributed by atoms with van der Waals surface area (Å²) >= 11 is 0. The van der Waals surface area contributed by atoms with Crippen molar-refractivity contribution in [3.63, 3.8) is 0 Å². The van der Waals surface area contributed by atoms with Gasteiger partial charge < -0.3 is 14.3 Å². The van der Waals surface area contributed by atoms with Gasteiger partial charge in [-0.15, -0.1) is 0 Å². The minimum absolute atomic E-state index is 0.0281. The summed E-state index contributed by atoms with van der Waals surface area (Å²) in [6, 6.07) is 13.5. The molecule has 0 aliphatic carbocycles. The van der Waals surface area contributed by atoms with Gasteiger partial charge in [0, 0.05) is 12.5 Å². The van der Waals surface area contributed by atoms with Gasteiger partial charge in [0.1, 0.15) is 23.3 Å². The predicted octanol–water partition coefficient (Wildman–Crippen LogP) is 3.04. The van der Waals surface area contributed by atoms with E-state index >= 15 is 0 Å². The van der Waals surface area contributed by atoms with E-state index in [1.165, 1.54) is 11.8 Å². The summed E-state index contributed by atoms with van der Waals surface area (Å²) in [5.74, 6) is 0.117. The lowest BCUT2D eigenvalue weighted by Crippen LogP contribution is -2.29. The van der Waals surface area contributed by atoms with Crippen LogP contribution in [0.2, 0.25) is 0 Å². The number of carbonyl (C=O) groups excluding carboxylic acids is 1. The van der Waals surface area contributed by atoms with E-state index in [9.17, 15) is 9.59 Å². The van der Waals surface area contributed by atoms with Gasteiger partial charge in [0.25, 0.3) is 5.91 Å². The summed E-state index contributed by atoms with van der Waals surface area (Å²) < 4.78 is 10.0. The quantitative estimate of drug-likeness (QED) is 0.706. The number of nitrogens with one attached hydrogen (secondary N) is 1. The van der Waals surface area contributed by atoms with Crippen molar-refractivity contribution in [3.8, 4) is 0 Å². The molecule has 26 heavy (non-hydrogen) atoms. The maximum Gasteiger partial charge on any atom is 0.349 e. The van der Waals surface area contributed by atoms with Crippen LogP contribution in [-0.4, -0.2) is 11.1 Å². The Morgan fingerprint density at radius 3 is 2.65 bits per heavy atom. The Morgan fingerprint density at radius 1 is 1.15 bits per heavy atom. The van der Waals surface area contributed by atoms with Crippen molar-refractivity contribution in [3.05, 3.63) is 87.3 Å². The van der Waals surface area contributed by atoms with Crippen molar-refractivity contribution in [1.29, 1.82) is 0 Å². The zero-order valence-electron chi connectivity index (χ0n) is 14.5. The first-order valence-corrected chi connectivity index (χ1v) is 8.48. The number of carbonyl (C=O) groups is 1. The minimum Gasteiger partial charge on any atom is -0.427 e. The van der Waals surface area contributed by atoms with Crippen LogP contribution in [-0.2, 0) is 19.4 Å². The van der Waals surface area contributed by atoms with Crippen molar-refractivity contribution in [2.75, 3.05) is 0 Å². The molecular weight excluding hydrogens is 332 g/mol. The third-order valence-corrected chi connectivity index (χ3v) is 4.08. The highest BCUT2D eigenvalue weighted by molar-refractivity contribution is 5.95. The molecule has 1 amide bonds. The first kappa shape index (κ1) is 17.7. The third-order valence-electron chi connectivity index (χ3n) is 4.08. The third kappa shape index (κ3) is 4.47. The number of rotatable bonds is 7. The zero-order valence-corrected chi connectivity index (χ0v) is 14.5. The van der Waals surface area contributed by atoms with Crippen LogP contribution >= 0.6 is 0 Å². The maximum absolute atomic E-state index is 12.3. The molecule has 3 rings (SSSR count). The summed E-state index contributed by atoms with van der Waals surface area (Å²) in [4.78, 5) is 24.5. The molecule has 0 spiro atoms. The average Bonchev–Trinajstić information content (AvgIpc) is 3.14. The van der Waals surface area contributed by atoms with Gasteiger partial charge in [0.15, 0.2) is 0 Å². The number of hydrogen-bond donors (Lipinski definition) is 1. The normalized spacial score (nSPS) is 10.7. The Hall–Kier alpha value is -3.15. The second-order valence-corrected chi connectivity index (χ2v) is 6.07. The van der Waals surface area contributed by atoms with Crippen molar-refractivity contribution in [1.82, 2.24) is 10.5 Å². The van der Waals surface area contributed by atoms with Gasteiger partial charge in [-0.2, -0.15) is 0 Å². The molecule has 3 aromatic rings. The van der Waals surface area contributed by atoms with Gasteiger partial charge in [0.2, 0.25) is 0 Å². The molecule has 0 saturated carbocycles. The highest BCUT2D eigenvalue weighted by atomic mass is 16.5. The molecule has 0 radical (unpaired) electrons. The summed E-state index contributed by atoms with van der Waals surface area (Å²) in [5, 5.41) is 6.35. The van der Waals surface area contributed by atoms with E-state index in [0.29, 0.717) is 23.4 Å². The monoisotopic (exact) mass is 352 g/mol. The maximum atomic E-state index is 12.3. The molecule has 134 valence electrons. The van der Waals surface area contributed by atoms with E-state index in [1.807, 2.05) is 18.2 Å². The first-order valence-electron chi connectivity index (χ1n) is 8.48. The lowest BCUT2D eigenvalue weighted by Gasteiger charge is -2.07. The highest BCUT2D eigenvalue weighted by Crippen LogP contribution is 2.11. The molecule has 6 nitrogen and oxygen atoms in total. The molecule has 0 saturated heterocycles. The Morgan fingerprint density at radius 2 is 1.96 bits per heavy atom. The molecule has 1 aromatic carbocycles. The molecular formula is C20H20N2O4. The van der Waals surface area contributed by atoms with Gasteiger partial charge in [-0.25, -0.2) is 4.79 Å². The van der Waals surface area contributed by atoms with Crippen LogP contribution < -0.4 is 10.9 Å². The van der Waals surface area contributed by atoms with Crippen LogP contribution in [0.25, 0.3) is 0 Å². The van der Waals surface area contributed by atoms with E-state index < -0.39 is 11.5 Å². The molecule has 0 aliphatic rings. The van der Waals surface area contributed by atoms with Crippen molar-refractivity contribution in [2.24, 2.45) is 0 Å². The smallest absolute Gasteiger partial charge is 0.349 e. The molecule has 0 aliphatic heterocycles. The Balaban J connectivity index is 1.62. The lowest BCUT2D eigenvalue weighted by molar-refractivity contribution is 0.0945. The molecule has 0 atom stereocenters. The number of benzene rings is 1. The second kappa shape index (κ2) is 8.29. The van der Waals surface area contributed by atoms with Crippen LogP contribution in [0.1, 0.15) is 39.4 Å². The van der Waals surface area contributed by atoms with Crippen molar-refractivity contribution in [2.45, 2.75) is 32.7 Å². The standard InChI is InChI=1S/C20H20N2O4/c1-14-12-17(9-5-8-15-6-3-2-4-7-15)26-20(24)18(14)19(23)21-13-16-10-11-25-22-16/h2-4,6-7,10-12H,5,8-9,13H2,1H3,(H,21,23). The Kier molecular flexibility index (Phi) is 5.63. The lowest BCUT2D eigenvalue weighted by atomic mass is 10.1. The fourth-order valence-corrected chi connectivity index (χ4v) is 2.77. The van der Waals surface area contributed by atoms with E-state index in [4.69, 9.17) is 8.94 Å². The molecule has 6 heteroatoms. The van der Waals surface area contributed by atoms with Crippen LogP contribution in [0, 0.1) is 6.92 Å². The fourth-order valence-electron chi connectivity index (χ4n) is 2.77. The molecule has 0 fully saturated rings.